The number of carbonyl (C=O) groups excluding carboxylic acids is 1. The lowest BCUT2D eigenvalue weighted by Gasteiger charge is -2.49. The highest BCUT2D eigenvalue weighted by Crippen LogP contribution is 2.35. The molecular formula is C16H23N3O. The average molecular weight is 273 g/mol. The van der Waals surface area contributed by atoms with Crippen LogP contribution in [-0.4, -0.2) is 41.0 Å². The summed E-state index contributed by atoms with van der Waals surface area (Å²) in [6.45, 7) is 4.59. The molecule has 1 N–H and O–H groups in total. The second kappa shape index (κ2) is 5.52. The summed E-state index contributed by atoms with van der Waals surface area (Å²) in [5.74, 6) is 0.117. The summed E-state index contributed by atoms with van der Waals surface area (Å²) in [6.07, 6.45) is 7.72. The Morgan fingerprint density at radius 2 is 2.15 bits per heavy atom. The lowest BCUT2D eigenvalue weighted by atomic mass is 9.79. The quantitative estimate of drug-likeness (QED) is 0.852. The van der Waals surface area contributed by atoms with Crippen molar-refractivity contribution in [1.29, 1.82) is 0 Å². The maximum atomic E-state index is 12.9. The maximum absolute atomic E-state index is 12.9. The Bertz CT molecular complexity index is 486. The number of hydrogen-bond donors (Lipinski definition) is 1. The van der Waals surface area contributed by atoms with Crippen LogP contribution in [0.1, 0.15) is 48.2 Å². The molecule has 0 radical (unpaired) electrons. The minimum absolute atomic E-state index is 0.0253. The first-order valence-electron chi connectivity index (χ1n) is 7.67. The van der Waals surface area contributed by atoms with Crippen molar-refractivity contribution in [3.05, 3.63) is 29.6 Å². The number of rotatable bonds is 1. The maximum Gasteiger partial charge on any atom is 0.273 e. The number of hydrogen-bond acceptors (Lipinski definition) is 3. The largest absolute Gasteiger partial charge is 0.329 e. The summed E-state index contributed by atoms with van der Waals surface area (Å²) in [7, 11) is 0. The number of aromatic nitrogens is 1. The highest BCUT2D eigenvalue weighted by Gasteiger charge is 2.42. The molecule has 2 fully saturated rings. The summed E-state index contributed by atoms with van der Waals surface area (Å²) >= 11 is 0. The zero-order valence-corrected chi connectivity index (χ0v) is 12.2. The third-order valence-electron chi connectivity index (χ3n) is 4.78. The van der Waals surface area contributed by atoms with Gasteiger partial charge in [-0.2, -0.15) is 0 Å². The molecule has 1 amide bonds. The number of pyridine rings is 1. The van der Waals surface area contributed by atoms with E-state index in [-0.39, 0.29) is 11.4 Å². The van der Waals surface area contributed by atoms with E-state index in [9.17, 15) is 4.79 Å². The van der Waals surface area contributed by atoms with Crippen molar-refractivity contribution in [2.75, 3.05) is 19.6 Å². The molecule has 1 aliphatic carbocycles. The molecule has 108 valence electrons. The third-order valence-corrected chi connectivity index (χ3v) is 4.78. The van der Waals surface area contributed by atoms with E-state index in [1.165, 1.54) is 19.3 Å². The topological polar surface area (TPSA) is 45.2 Å². The SMILES string of the molecule is Cc1cccnc1C(=O)N1CCNCC12CCCCC2. The smallest absolute Gasteiger partial charge is 0.273 e. The van der Waals surface area contributed by atoms with Crippen LogP contribution in [0.2, 0.25) is 0 Å². The summed E-state index contributed by atoms with van der Waals surface area (Å²) in [4.78, 5) is 19.4. The van der Waals surface area contributed by atoms with Gasteiger partial charge in [0.15, 0.2) is 0 Å². The van der Waals surface area contributed by atoms with Crippen molar-refractivity contribution in [2.45, 2.75) is 44.6 Å². The first-order valence-corrected chi connectivity index (χ1v) is 7.67. The fraction of sp³-hybridized carbons (Fsp3) is 0.625. The van der Waals surface area contributed by atoms with Crippen LogP contribution in [0.4, 0.5) is 0 Å². The van der Waals surface area contributed by atoms with E-state index >= 15 is 0 Å². The van der Waals surface area contributed by atoms with Gasteiger partial charge < -0.3 is 10.2 Å². The van der Waals surface area contributed by atoms with Crippen LogP contribution in [0.25, 0.3) is 0 Å². The van der Waals surface area contributed by atoms with Crippen LogP contribution in [0, 0.1) is 6.92 Å². The standard InChI is InChI=1S/C16H23N3O/c1-13-6-5-9-18-14(13)15(20)19-11-10-17-12-16(19)7-3-2-4-8-16/h5-6,9,17H,2-4,7-8,10-12H2,1H3. The van der Waals surface area contributed by atoms with E-state index in [1.807, 2.05) is 19.1 Å². The van der Waals surface area contributed by atoms with E-state index in [0.29, 0.717) is 5.69 Å². The average Bonchev–Trinajstić information content (AvgIpc) is 2.48. The molecule has 1 saturated carbocycles. The molecule has 0 aromatic carbocycles. The normalized spacial score (nSPS) is 21.9. The number of nitrogens with zero attached hydrogens (tertiary/aromatic N) is 2. The van der Waals surface area contributed by atoms with Crippen molar-refractivity contribution in [2.24, 2.45) is 0 Å². The minimum Gasteiger partial charge on any atom is -0.329 e. The molecule has 0 atom stereocenters. The van der Waals surface area contributed by atoms with Gasteiger partial charge in [0.05, 0.1) is 5.54 Å². The summed E-state index contributed by atoms with van der Waals surface area (Å²) in [5.41, 5.74) is 1.62. The minimum atomic E-state index is 0.0253. The fourth-order valence-corrected chi connectivity index (χ4v) is 3.66. The lowest BCUT2D eigenvalue weighted by Crippen LogP contribution is -2.63. The van der Waals surface area contributed by atoms with Crippen LogP contribution in [-0.2, 0) is 0 Å². The molecule has 3 rings (SSSR count). The Labute approximate surface area is 120 Å². The molecule has 4 heteroatoms. The summed E-state index contributed by atoms with van der Waals surface area (Å²) in [6, 6.07) is 3.86. The molecule has 0 unspecified atom stereocenters. The van der Waals surface area contributed by atoms with Crippen molar-refractivity contribution in [3.63, 3.8) is 0 Å². The van der Waals surface area contributed by atoms with Gasteiger partial charge in [0.2, 0.25) is 0 Å². The molecule has 1 aromatic rings. The number of aryl methyl sites for hydroxylation is 1. The van der Waals surface area contributed by atoms with Gasteiger partial charge in [0, 0.05) is 25.8 Å². The number of nitrogens with one attached hydrogen (secondary N) is 1. The second-order valence-electron chi connectivity index (χ2n) is 6.09. The van der Waals surface area contributed by atoms with Crippen LogP contribution in [0.3, 0.4) is 0 Å². The van der Waals surface area contributed by atoms with Gasteiger partial charge in [-0.15, -0.1) is 0 Å². The van der Waals surface area contributed by atoms with Crippen LogP contribution in [0.15, 0.2) is 18.3 Å². The van der Waals surface area contributed by atoms with Gasteiger partial charge in [0.1, 0.15) is 5.69 Å². The summed E-state index contributed by atoms with van der Waals surface area (Å²) in [5, 5.41) is 3.48. The third kappa shape index (κ3) is 2.33. The van der Waals surface area contributed by atoms with Crippen molar-refractivity contribution in [3.8, 4) is 0 Å². The molecule has 2 aliphatic rings. The molecule has 0 bridgehead atoms. The Balaban J connectivity index is 1.90. The number of carbonyl (C=O) groups is 1. The molecular weight excluding hydrogens is 250 g/mol. The van der Waals surface area contributed by atoms with Crippen LogP contribution < -0.4 is 5.32 Å². The van der Waals surface area contributed by atoms with Gasteiger partial charge >= 0.3 is 0 Å². The molecule has 2 heterocycles. The van der Waals surface area contributed by atoms with Crippen molar-refractivity contribution >= 4 is 5.91 Å². The van der Waals surface area contributed by atoms with Crippen LogP contribution in [0.5, 0.6) is 0 Å². The Morgan fingerprint density at radius 1 is 1.35 bits per heavy atom. The zero-order valence-electron chi connectivity index (χ0n) is 12.2. The lowest BCUT2D eigenvalue weighted by molar-refractivity contribution is 0.0217. The fourth-order valence-electron chi connectivity index (χ4n) is 3.66. The van der Waals surface area contributed by atoms with Gasteiger partial charge in [0.25, 0.3) is 5.91 Å². The van der Waals surface area contributed by atoms with Crippen molar-refractivity contribution < 1.29 is 4.79 Å². The van der Waals surface area contributed by atoms with Gasteiger partial charge in [-0.05, 0) is 31.4 Å². The molecule has 1 aliphatic heterocycles. The molecule has 4 nitrogen and oxygen atoms in total. The Kier molecular flexibility index (Phi) is 3.74. The van der Waals surface area contributed by atoms with E-state index in [4.69, 9.17) is 0 Å². The molecule has 20 heavy (non-hydrogen) atoms. The van der Waals surface area contributed by atoms with E-state index in [1.54, 1.807) is 6.20 Å². The van der Waals surface area contributed by atoms with Gasteiger partial charge in [-0.25, -0.2) is 0 Å². The van der Waals surface area contributed by atoms with E-state index in [2.05, 4.69) is 15.2 Å². The van der Waals surface area contributed by atoms with E-state index < -0.39 is 0 Å². The van der Waals surface area contributed by atoms with Gasteiger partial charge in [-0.3, -0.25) is 9.78 Å². The van der Waals surface area contributed by atoms with Crippen LogP contribution >= 0.6 is 0 Å². The number of piperazine rings is 1. The monoisotopic (exact) mass is 273 g/mol. The number of amides is 1. The highest BCUT2D eigenvalue weighted by atomic mass is 16.2. The van der Waals surface area contributed by atoms with Gasteiger partial charge in [-0.1, -0.05) is 25.3 Å². The molecule has 1 spiro atoms. The van der Waals surface area contributed by atoms with Crippen molar-refractivity contribution in [1.82, 2.24) is 15.2 Å². The molecule has 1 saturated heterocycles. The predicted molar refractivity (Wildman–Crippen MR) is 78.7 cm³/mol. The Hall–Kier alpha value is -1.42. The van der Waals surface area contributed by atoms with E-state index in [0.717, 1.165) is 38.0 Å². The first kappa shape index (κ1) is 13.6. The Morgan fingerprint density at radius 3 is 2.90 bits per heavy atom. The highest BCUT2D eigenvalue weighted by molar-refractivity contribution is 5.94. The second-order valence-corrected chi connectivity index (χ2v) is 6.09. The predicted octanol–water partition coefficient (Wildman–Crippen LogP) is 2.14. The first-order chi connectivity index (χ1) is 9.73. The summed E-state index contributed by atoms with van der Waals surface area (Å²) < 4.78 is 0. The zero-order chi connectivity index (χ0) is 14.0. The molecule has 1 aromatic heterocycles.